The molecule has 0 amide bonds. The summed E-state index contributed by atoms with van der Waals surface area (Å²) in [6, 6.07) is 0. The van der Waals surface area contributed by atoms with Crippen molar-refractivity contribution in [2.45, 2.75) is 13.5 Å². The highest BCUT2D eigenvalue weighted by atomic mass is 15.5. The van der Waals surface area contributed by atoms with Gasteiger partial charge >= 0.3 is 0 Å². The highest BCUT2D eigenvalue weighted by Gasteiger charge is 1.92. The molecule has 1 rings (SSSR count). The Hall–Kier alpha value is -0.930. The SMILES string of the molecule is [CH2]c1nnnn1CC. The molecule has 0 saturated carbocycles. The van der Waals surface area contributed by atoms with Crippen molar-refractivity contribution in [3.05, 3.63) is 12.7 Å². The fourth-order valence-corrected chi connectivity index (χ4v) is 0.469. The van der Waals surface area contributed by atoms with Gasteiger partial charge in [0.05, 0.1) is 0 Å². The lowest BCUT2D eigenvalue weighted by Crippen LogP contribution is -1.98. The van der Waals surface area contributed by atoms with Crippen LogP contribution in [0.3, 0.4) is 0 Å². The van der Waals surface area contributed by atoms with Crippen LogP contribution in [-0.2, 0) is 6.54 Å². The van der Waals surface area contributed by atoms with Crippen molar-refractivity contribution >= 4 is 0 Å². The smallest absolute Gasteiger partial charge is 0.151 e. The molecule has 0 bridgehead atoms. The van der Waals surface area contributed by atoms with Crippen LogP contribution in [0.4, 0.5) is 0 Å². The third-order valence-corrected chi connectivity index (χ3v) is 0.906. The number of tetrazole rings is 1. The summed E-state index contributed by atoms with van der Waals surface area (Å²) in [4.78, 5) is 0. The van der Waals surface area contributed by atoms with Gasteiger partial charge in [-0.25, -0.2) is 4.68 Å². The van der Waals surface area contributed by atoms with E-state index in [0.29, 0.717) is 5.82 Å². The molecule has 8 heavy (non-hydrogen) atoms. The minimum Gasteiger partial charge on any atom is -0.230 e. The number of aryl methyl sites for hydroxylation is 1. The maximum absolute atomic E-state index is 3.63. The molecule has 0 spiro atoms. The van der Waals surface area contributed by atoms with E-state index in [4.69, 9.17) is 0 Å². The molecule has 0 N–H and O–H groups in total. The number of hydrogen-bond acceptors (Lipinski definition) is 3. The fourth-order valence-electron chi connectivity index (χ4n) is 0.469. The van der Waals surface area contributed by atoms with Crippen LogP contribution in [0.25, 0.3) is 0 Å². The minimum atomic E-state index is 0.618. The summed E-state index contributed by atoms with van der Waals surface area (Å²) in [7, 11) is 0. The Morgan fingerprint density at radius 3 is 2.75 bits per heavy atom. The van der Waals surface area contributed by atoms with Crippen LogP contribution in [0.15, 0.2) is 0 Å². The third kappa shape index (κ3) is 0.685. The van der Waals surface area contributed by atoms with Crippen LogP contribution in [0.2, 0.25) is 0 Å². The summed E-state index contributed by atoms with van der Waals surface area (Å²) < 4.78 is 1.62. The summed E-state index contributed by atoms with van der Waals surface area (Å²) in [6.45, 7) is 6.33. The van der Waals surface area contributed by atoms with Gasteiger partial charge in [0.25, 0.3) is 0 Å². The topological polar surface area (TPSA) is 43.6 Å². The van der Waals surface area contributed by atoms with Crippen molar-refractivity contribution in [2.24, 2.45) is 0 Å². The Morgan fingerprint density at radius 1 is 1.75 bits per heavy atom. The van der Waals surface area contributed by atoms with Crippen LogP contribution in [0, 0.1) is 6.92 Å². The van der Waals surface area contributed by atoms with E-state index in [-0.39, 0.29) is 0 Å². The largest absolute Gasteiger partial charge is 0.230 e. The summed E-state index contributed by atoms with van der Waals surface area (Å²) >= 11 is 0. The van der Waals surface area contributed by atoms with Gasteiger partial charge in [-0.2, -0.15) is 0 Å². The van der Waals surface area contributed by atoms with Crippen molar-refractivity contribution < 1.29 is 0 Å². The molecule has 1 aromatic rings. The maximum Gasteiger partial charge on any atom is 0.151 e. The van der Waals surface area contributed by atoms with E-state index >= 15 is 0 Å². The second-order valence-corrected chi connectivity index (χ2v) is 1.41. The molecule has 0 atom stereocenters. The second-order valence-electron chi connectivity index (χ2n) is 1.41. The molecule has 43 valence electrons. The van der Waals surface area contributed by atoms with E-state index in [1.54, 1.807) is 4.68 Å². The van der Waals surface area contributed by atoms with Crippen LogP contribution < -0.4 is 0 Å². The Morgan fingerprint density at radius 2 is 2.50 bits per heavy atom. The molecule has 0 aliphatic carbocycles. The van der Waals surface area contributed by atoms with Gasteiger partial charge in [0.1, 0.15) is 0 Å². The molecule has 0 aliphatic rings. The Bertz CT molecular complexity index is 168. The molecule has 1 radical (unpaired) electrons. The van der Waals surface area contributed by atoms with Crippen LogP contribution in [-0.4, -0.2) is 20.2 Å². The number of hydrogen-bond donors (Lipinski definition) is 0. The number of rotatable bonds is 1. The van der Waals surface area contributed by atoms with E-state index in [0.717, 1.165) is 6.54 Å². The number of aromatic nitrogens is 4. The van der Waals surface area contributed by atoms with Gasteiger partial charge < -0.3 is 0 Å². The molecular weight excluding hydrogens is 104 g/mol. The van der Waals surface area contributed by atoms with Gasteiger partial charge in [-0.3, -0.25) is 0 Å². The van der Waals surface area contributed by atoms with Crippen molar-refractivity contribution in [3.63, 3.8) is 0 Å². The monoisotopic (exact) mass is 111 g/mol. The van der Waals surface area contributed by atoms with Gasteiger partial charge in [0, 0.05) is 13.5 Å². The molecule has 0 aromatic carbocycles. The Balaban J connectivity index is 2.92. The zero-order chi connectivity index (χ0) is 5.98. The van der Waals surface area contributed by atoms with Crippen LogP contribution in [0.5, 0.6) is 0 Å². The van der Waals surface area contributed by atoms with Gasteiger partial charge in [-0.1, -0.05) is 0 Å². The summed E-state index contributed by atoms with van der Waals surface area (Å²) in [5.41, 5.74) is 0. The first kappa shape index (κ1) is 5.21. The standard InChI is InChI=1S/C4H7N4/c1-3-8-4(2)5-6-7-8/h2-3H2,1H3. The van der Waals surface area contributed by atoms with Crippen molar-refractivity contribution in [2.75, 3.05) is 0 Å². The molecule has 0 saturated heterocycles. The third-order valence-electron chi connectivity index (χ3n) is 0.906. The van der Waals surface area contributed by atoms with Gasteiger partial charge in [-0.15, -0.1) is 5.10 Å². The van der Waals surface area contributed by atoms with Crippen molar-refractivity contribution in [3.8, 4) is 0 Å². The van der Waals surface area contributed by atoms with Gasteiger partial charge in [0.15, 0.2) is 5.82 Å². The second kappa shape index (κ2) is 1.90. The van der Waals surface area contributed by atoms with Crippen molar-refractivity contribution in [1.29, 1.82) is 0 Å². The zero-order valence-electron chi connectivity index (χ0n) is 4.70. The van der Waals surface area contributed by atoms with E-state index in [1.807, 2.05) is 6.92 Å². The van der Waals surface area contributed by atoms with Gasteiger partial charge in [0.2, 0.25) is 0 Å². The quantitative estimate of drug-likeness (QED) is 0.507. The summed E-state index contributed by atoms with van der Waals surface area (Å²) in [5, 5.41) is 10.6. The normalized spacial score (nSPS) is 9.75. The lowest BCUT2D eigenvalue weighted by atomic mass is 10.6. The average Bonchev–Trinajstić information content (AvgIpc) is 2.14. The first-order valence-corrected chi connectivity index (χ1v) is 2.42. The highest BCUT2D eigenvalue weighted by Crippen LogP contribution is 1.84. The molecule has 0 unspecified atom stereocenters. The minimum absolute atomic E-state index is 0.618. The molecule has 0 aliphatic heterocycles. The predicted octanol–water partition coefficient (Wildman–Crippen LogP) is -0.125. The molecule has 1 heterocycles. The van der Waals surface area contributed by atoms with Crippen LogP contribution >= 0.6 is 0 Å². The van der Waals surface area contributed by atoms with Crippen LogP contribution in [0.1, 0.15) is 12.7 Å². The van der Waals surface area contributed by atoms with E-state index in [9.17, 15) is 0 Å². The maximum atomic E-state index is 3.63. The molecular formula is C4H7N4. The predicted molar refractivity (Wildman–Crippen MR) is 27.9 cm³/mol. The fraction of sp³-hybridized carbons (Fsp3) is 0.500. The Kier molecular flexibility index (Phi) is 1.24. The van der Waals surface area contributed by atoms with E-state index in [2.05, 4.69) is 22.4 Å². The highest BCUT2D eigenvalue weighted by molar-refractivity contribution is 4.83. The van der Waals surface area contributed by atoms with E-state index < -0.39 is 0 Å². The molecule has 4 nitrogen and oxygen atoms in total. The van der Waals surface area contributed by atoms with Crippen molar-refractivity contribution in [1.82, 2.24) is 20.2 Å². The first-order chi connectivity index (χ1) is 3.84. The number of nitrogens with zero attached hydrogens (tertiary/aromatic N) is 4. The average molecular weight is 111 g/mol. The zero-order valence-corrected chi connectivity index (χ0v) is 4.70. The Labute approximate surface area is 47.5 Å². The van der Waals surface area contributed by atoms with Gasteiger partial charge in [-0.05, 0) is 17.4 Å². The molecule has 0 fully saturated rings. The molecule has 4 heteroatoms. The summed E-state index contributed by atoms with van der Waals surface area (Å²) in [6.07, 6.45) is 0. The molecule has 1 aromatic heterocycles. The summed E-state index contributed by atoms with van der Waals surface area (Å²) in [5.74, 6) is 0.618. The van der Waals surface area contributed by atoms with E-state index in [1.165, 1.54) is 0 Å². The lowest BCUT2D eigenvalue weighted by Gasteiger charge is -1.89. The first-order valence-electron chi connectivity index (χ1n) is 2.42. The lowest BCUT2D eigenvalue weighted by molar-refractivity contribution is 0.618.